The Morgan fingerprint density at radius 3 is 2.83 bits per heavy atom. The van der Waals surface area contributed by atoms with Gasteiger partial charge >= 0.3 is 0 Å². The van der Waals surface area contributed by atoms with Crippen LogP contribution in [0.15, 0.2) is 37.1 Å². The van der Waals surface area contributed by atoms with Gasteiger partial charge in [-0.05, 0) is 63.5 Å². The van der Waals surface area contributed by atoms with E-state index in [4.69, 9.17) is 0 Å². The Labute approximate surface area is 142 Å². The summed E-state index contributed by atoms with van der Waals surface area (Å²) in [6, 6.07) is 3.83. The first-order valence-corrected chi connectivity index (χ1v) is 8.62. The third kappa shape index (κ3) is 4.64. The standard InChI is InChI=1S/C18H25N5O/c1-15-3-6-20-17(13-15)21-18(24)16-4-10-22(11-5-16)8-2-9-23-12-7-19-14-23/h3,6-7,12-14,16H,2,4-5,8-11H2,1H3,(H,20,21,24). The molecule has 1 amide bonds. The van der Waals surface area contributed by atoms with Gasteiger partial charge < -0.3 is 14.8 Å². The molecular formula is C18H25N5O. The highest BCUT2D eigenvalue weighted by Crippen LogP contribution is 2.19. The van der Waals surface area contributed by atoms with Crippen LogP contribution in [-0.2, 0) is 11.3 Å². The summed E-state index contributed by atoms with van der Waals surface area (Å²) >= 11 is 0. The Bertz CT molecular complexity index is 647. The maximum Gasteiger partial charge on any atom is 0.228 e. The van der Waals surface area contributed by atoms with Crippen LogP contribution in [0.4, 0.5) is 5.82 Å². The fraction of sp³-hybridized carbons (Fsp3) is 0.500. The fourth-order valence-corrected chi connectivity index (χ4v) is 3.15. The maximum absolute atomic E-state index is 12.4. The number of piperidine rings is 1. The van der Waals surface area contributed by atoms with Gasteiger partial charge in [0, 0.05) is 31.1 Å². The summed E-state index contributed by atoms with van der Waals surface area (Å²) in [5.41, 5.74) is 1.10. The molecule has 1 aliphatic heterocycles. The van der Waals surface area contributed by atoms with Gasteiger partial charge in [0.2, 0.25) is 5.91 Å². The SMILES string of the molecule is Cc1ccnc(NC(=O)C2CCN(CCCn3ccnc3)CC2)c1. The van der Waals surface area contributed by atoms with Crippen molar-refractivity contribution in [2.24, 2.45) is 5.92 Å². The van der Waals surface area contributed by atoms with Gasteiger partial charge in [0.15, 0.2) is 0 Å². The monoisotopic (exact) mass is 327 g/mol. The third-order valence-corrected chi connectivity index (χ3v) is 4.57. The second-order valence-corrected chi connectivity index (χ2v) is 6.48. The van der Waals surface area contributed by atoms with E-state index >= 15 is 0 Å². The van der Waals surface area contributed by atoms with Crippen LogP contribution in [0.2, 0.25) is 0 Å². The van der Waals surface area contributed by atoms with Crippen molar-refractivity contribution in [3.8, 4) is 0 Å². The van der Waals surface area contributed by atoms with Crippen molar-refractivity contribution in [3.63, 3.8) is 0 Å². The zero-order chi connectivity index (χ0) is 16.8. The molecule has 6 nitrogen and oxygen atoms in total. The van der Waals surface area contributed by atoms with Crippen molar-refractivity contribution in [1.82, 2.24) is 19.4 Å². The van der Waals surface area contributed by atoms with Crippen molar-refractivity contribution >= 4 is 11.7 Å². The van der Waals surface area contributed by atoms with E-state index < -0.39 is 0 Å². The molecule has 0 radical (unpaired) electrons. The number of pyridine rings is 1. The van der Waals surface area contributed by atoms with Gasteiger partial charge in [0.05, 0.1) is 6.33 Å². The number of carbonyl (C=O) groups is 1. The first kappa shape index (κ1) is 16.6. The number of amides is 1. The molecule has 2 aromatic heterocycles. The van der Waals surface area contributed by atoms with Gasteiger partial charge in [-0.1, -0.05) is 0 Å². The molecule has 3 rings (SSSR count). The smallest absolute Gasteiger partial charge is 0.228 e. The van der Waals surface area contributed by atoms with Crippen molar-refractivity contribution in [2.75, 3.05) is 25.0 Å². The summed E-state index contributed by atoms with van der Waals surface area (Å²) in [6.45, 7) is 6.05. The van der Waals surface area contributed by atoms with Crippen molar-refractivity contribution in [3.05, 3.63) is 42.6 Å². The molecule has 1 N–H and O–H groups in total. The van der Waals surface area contributed by atoms with Crippen LogP contribution in [0.5, 0.6) is 0 Å². The number of imidazole rings is 1. The van der Waals surface area contributed by atoms with Gasteiger partial charge in [-0.25, -0.2) is 9.97 Å². The molecule has 1 saturated heterocycles. The van der Waals surface area contributed by atoms with E-state index in [0.717, 1.165) is 51.0 Å². The lowest BCUT2D eigenvalue weighted by Gasteiger charge is -2.31. The molecule has 0 aromatic carbocycles. The Morgan fingerprint density at radius 1 is 1.29 bits per heavy atom. The summed E-state index contributed by atoms with van der Waals surface area (Å²) in [4.78, 5) is 23.1. The Balaban J connectivity index is 1.39. The van der Waals surface area contributed by atoms with Crippen molar-refractivity contribution in [2.45, 2.75) is 32.7 Å². The van der Waals surface area contributed by atoms with Gasteiger partial charge in [-0.15, -0.1) is 0 Å². The van der Waals surface area contributed by atoms with E-state index in [-0.39, 0.29) is 11.8 Å². The number of nitrogens with one attached hydrogen (secondary N) is 1. The molecule has 1 fully saturated rings. The van der Waals surface area contributed by atoms with Crippen LogP contribution >= 0.6 is 0 Å². The number of aryl methyl sites for hydroxylation is 2. The van der Waals surface area contributed by atoms with E-state index in [2.05, 4.69) is 24.8 Å². The maximum atomic E-state index is 12.4. The van der Waals surface area contributed by atoms with E-state index in [9.17, 15) is 4.79 Å². The lowest BCUT2D eigenvalue weighted by molar-refractivity contribution is -0.121. The first-order valence-electron chi connectivity index (χ1n) is 8.62. The lowest BCUT2D eigenvalue weighted by Crippen LogP contribution is -2.38. The van der Waals surface area contributed by atoms with Crippen LogP contribution in [-0.4, -0.2) is 45.0 Å². The molecule has 3 heterocycles. The number of aromatic nitrogens is 3. The largest absolute Gasteiger partial charge is 0.337 e. The highest BCUT2D eigenvalue weighted by molar-refractivity contribution is 5.91. The molecule has 2 aromatic rings. The van der Waals surface area contributed by atoms with Crippen LogP contribution < -0.4 is 5.32 Å². The van der Waals surface area contributed by atoms with E-state index in [0.29, 0.717) is 5.82 Å². The normalized spacial score (nSPS) is 16.2. The predicted molar refractivity (Wildman–Crippen MR) is 93.6 cm³/mol. The average Bonchev–Trinajstić information content (AvgIpc) is 3.09. The molecule has 0 bridgehead atoms. The summed E-state index contributed by atoms with van der Waals surface area (Å²) in [6.07, 6.45) is 10.3. The summed E-state index contributed by atoms with van der Waals surface area (Å²) in [5.74, 6) is 0.853. The number of carbonyl (C=O) groups excluding carboxylic acids is 1. The van der Waals surface area contributed by atoms with Crippen LogP contribution in [0, 0.1) is 12.8 Å². The number of rotatable bonds is 6. The molecule has 0 atom stereocenters. The minimum Gasteiger partial charge on any atom is -0.337 e. The third-order valence-electron chi connectivity index (χ3n) is 4.57. The predicted octanol–water partition coefficient (Wildman–Crippen LogP) is 2.33. The average molecular weight is 327 g/mol. The quantitative estimate of drug-likeness (QED) is 0.884. The van der Waals surface area contributed by atoms with Crippen LogP contribution in [0.25, 0.3) is 0 Å². The fourth-order valence-electron chi connectivity index (χ4n) is 3.15. The Kier molecular flexibility index (Phi) is 5.59. The minimum absolute atomic E-state index is 0.0946. The number of anilines is 1. The van der Waals surface area contributed by atoms with Crippen LogP contribution in [0.1, 0.15) is 24.8 Å². The van der Waals surface area contributed by atoms with E-state index in [1.54, 1.807) is 6.20 Å². The number of nitrogens with zero attached hydrogens (tertiary/aromatic N) is 4. The van der Waals surface area contributed by atoms with E-state index in [1.165, 1.54) is 0 Å². The van der Waals surface area contributed by atoms with Gasteiger partial charge in [-0.2, -0.15) is 0 Å². The number of hydrogen-bond acceptors (Lipinski definition) is 4. The molecule has 0 aliphatic carbocycles. The van der Waals surface area contributed by atoms with Gasteiger partial charge in [0.25, 0.3) is 0 Å². The molecule has 24 heavy (non-hydrogen) atoms. The number of likely N-dealkylation sites (tertiary alicyclic amines) is 1. The Hall–Kier alpha value is -2.21. The lowest BCUT2D eigenvalue weighted by atomic mass is 9.96. The van der Waals surface area contributed by atoms with E-state index in [1.807, 2.05) is 37.8 Å². The van der Waals surface area contributed by atoms with Crippen LogP contribution in [0.3, 0.4) is 0 Å². The first-order chi connectivity index (χ1) is 11.7. The second kappa shape index (κ2) is 8.06. The molecule has 0 unspecified atom stereocenters. The topological polar surface area (TPSA) is 63.1 Å². The summed E-state index contributed by atoms with van der Waals surface area (Å²) in [5, 5.41) is 2.95. The molecule has 128 valence electrons. The highest BCUT2D eigenvalue weighted by Gasteiger charge is 2.24. The minimum atomic E-state index is 0.0946. The van der Waals surface area contributed by atoms with Crippen molar-refractivity contribution in [1.29, 1.82) is 0 Å². The van der Waals surface area contributed by atoms with Gasteiger partial charge in [-0.3, -0.25) is 4.79 Å². The summed E-state index contributed by atoms with van der Waals surface area (Å²) < 4.78 is 2.11. The van der Waals surface area contributed by atoms with Crippen molar-refractivity contribution < 1.29 is 4.79 Å². The van der Waals surface area contributed by atoms with Gasteiger partial charge in [0.1, 0.15) is 5.82 Å². The molecule has 0 spiro atoms. The molecule has 0 saturated carbocycles. The highest BCUT2D eigenvalue weighted by atomic mass is 16.1. The zero-order valence-electron chi connectivity index (χ0n) is 14.2. The molecule has 6 heteroatoms. The summed E-state index contributed by atoms with van der Waals surface area (Å²) in [7, 11) is 0. The molecular weight excluding hydrogens is 302 g/mol. The second-order valence-electron chi connectivity index (χ2n) is 6.48. The number of hydrogen-bond donors (Lipinski definition) is 1. The molecule has 1 aliphatic rings. The zero-order valence-corrected chi connectivity index (χ0v) is 14.2. The Morgan fingerprint density at radius 2 is 2.12 bits per heavy atom.